The molecule has 7 nitrogen and oxygen atoms in total. The van der Waals surface area contributed by atoms with Crippen LogP contribution in [0.4, 0.5) is 0 Å². The predicted molar refractivity (Wildman–Crippen MR) is 50.6 cm³/mol. The van der Waals surface area contributed by atoms with Gasteiger partial charge in [0.05, 0.1) is 0 Å². The maximum atomic E-state index is 11.4. The molecule has 3 N–H and O–H groups in total. The molecule has 2 unspecified atom stereocenters. The molecule has 0 aromatic carbocycles. The summed E-state index contributed by atoms with van der Waals surface area (Å²) in [5.74, 6) is -1.66. The van der Waals surface area contributed by atoms with Gasteiger partial charge in [0.25, 0.3) is 0 Å². The Hall–Kier alpha value is -1.15. The first-order valence-electron chi connectivity index (χ1n) is 4.33. The third-order valence-corrected chi connectivity index (χ3v) is 3.92. The first-order valence-corrected chi connectivity index (χ1v) is 5.88. The minimum absolute atomic E-state index is 0.0472. The molecule has 0 aromatic rings. The van der Waals surface area contributed by atoms with Crippen molar-refractivity contribution in [3.05, 3.63) is 0 Å². The Balaban J connectivity index is 2.64. The molecule has 1 fully saturated rings. The summed E-state index contributed by atoms with van der Waals surface area (Å²) < 4.78 is 25.0. The van der Waals surface area contributed by atoms with Crippen molar-refractivity contribution in [2.75, 3.05) is 6.54 Å². The van der Waals surface area contributed by atoms with E-state index in [1.54, 1.807) is 0 Å². The lowest BCUT2D eigenvalue weighted by molar-refractivity contribution is -0.136. The Morgan fingerprint density at radius 1 is 1.67 bits per heavy atom. The zero-order valence-corrected chi connectivity index (χ0v) is 8.87. The van der Waals surface area contributed by atoms with E-state index >= 15 is 0 Å². The molecule has 0 radical (unpaired) electrons. The number of carboxylic acid groups (broad SMARTS) is 1. The molecule has 0 aromatic heterocycles. The van der Waals surface area contributed by atoms with Crippen LogP contribution < -0.4 is 10.0 Å². The number of rotatable bonds is 4. The molecule has 2 atom stereocenters. The Bertz CT molecular complexity index is 377. The Morgan fingerprint density at radius 3 is 2.67 bits per heavy atom. The quantitative estimate of drug-likeness (QED) is 0.536. The van der Waals surface area contributed by atoms with Crippen LogP contribution in [-0.2, 0) is 19.6 Å². The molecule has 86 valence electrons. The minimum atomic E-state index is -3.91. The summed E-state index contributed by atoms with van der Waals surface area (Å²) >= 11 is 0. The van der Waals surface area contributed by atoms with E-state index in [0.717, 1.165) is 6.92 Å². The number of carboxylic acids is 1. The van der Waals surface area contributed by atoms with Crippen LogP contribution in [-0.4, -0.2) is 43.2 Å². The number of nitrogens with one attached hydrogen (secondary N) is 2. The van der Waals surface area contributed by atoms with Crippen molar-refractivity contribution in [2.45, 2.75) is 24.6 Å². The maximum absolute atomic E-state index is 11.4. The number of amides is 1. The predicted octanol–water partition coefficient (Wildman–Crippen LogP) is -1.73. The summed E-state index contributed by atoms with van der Waals surface area (Å²) in [6, 6.07) is -0.552. The van der Waals surface area contributed by atoms with Gasteiger partial charge in [-0.2, -0.15) is 0 Å². The zero-order valence-electron chi connectivity index (χ0n) is 8.06. The van der Waals surface area contributed by atoms with Crippen molar-refractivity contribution >= 4 is 21.9 Å². The smallest absolute Gasteiger partial charge is 0.323 e. The van der Waals surface area contributed by atoms with Gasteiger partial charge >= 0.3 is 5.97 Å². The lowest BCUT2D eigenvalue weighted by Gasteiger charge is -2.13. The Kier molecular flexibility index (Phi) is 3.30. The van der Waals surface area contributed by atoms with Crippen LogP contribution in [0.25, 0.3) is 0 Å². The second-order valence-electron chi connectivity index (χ2n) is 3.35. The topological polar surface area (TPSA) is 113 Å². The molecule has 0 spiro atoms. The fourth-order valence-electron chi connectivity index (χ4n) is 1.16. The summed E-state index contributed by atoms with van der Waals surface area (Å²) in [6.45, 7) is 1.28. The van der Waals surface area contributed by atoms with Gasteiger partial charge in [0.15, 0.2) is 5.25 Å². The third kappa shape index (κ3) is 2.90. The molecule has 1 aliphatic rings. The van der Waals surface area contributed by atoms with Crippen LogP contribution in [0.5, 0.6) is 0 Å². The van der Waals surface area contributed by atoms with Gasteiger partial charge in [-0.25, -0.2) is 13.1 Å². The average molecular weight is 236 g/mol. The third-order valence-electron chi connectivity index (χ3n) is 2.12. The highest BCUT2D eigenvalue weighted by Gasteiger charge is 2.32. The summed E-state index contributed by atoms with van der Waals surface area (Å²) in [5, 5.41) is 9.47. The van der Waals surface area contributed by atoms with Crippen molar-refractivity contribution in [2.24, 2.45) is 0 Å². The van der Waals surface area contributed by atoms with Crippen LogP contribution in [0.15, 0.2) is 0 Å². The molecular formula is C7H12N2O5S. The average Bonchev–Trinajstić information content (AvgIpc) is 2.48. The van der Waals surface area contributed by atoms with E-state index in [9.17, 15) is 18.0 Å². The van der Waals surface area contributed by atoms with Gasteiger partial charge in [-0.1, -0.05) is 0 Å². The summed E-state index contributed by atoms with van der Waals surface area (Å²) in [5.41, 5.74) is 0. The Morgan fingerprint density at radius 2 is 2.27 bits per heavy atom. The molecule has 15 heavy (non-hydrogen) atoms. The van der Waals surface area contributed by atoms with Crippen molar-refractivity contribution in [1.82, 2.24) is 10.0 Å². The monoisotopic (exact) mass is 236 g/mol. The van der Waals surface area contributed by atoms with Gasteiger partial charge in [-0.3, -0.25) is 9.59 Å². The van der Waals surface area contributed by atoms with E-state index in [1.807, 2.05) is 0 Å². The lowest BCUT2D eigenvalue weighted by atomic mass is 10.3. The summed E-state index contributed by atoms with van der Waals surface area (Å²) in [6.07, 6.45) is 0.0472. The molecule has 1 amide bonds. The number of carbonyl (C=O) groups excluding carboxylic acids is 1. The van der Waals surface area contributed by atoms with E-state index in [0.29, 0.717) is 0 Å². The van der Waals surface area contributed by atoms with E-state index in [1.165, 1.54) is 0 Å². The van der Waals surface area contributed by atoms with Gasteiger partial charge < -0.3 is 10.4 Å². The molecule has 1 rings (SSSR count). The molecule has 1 aliphatic heterocycles. The molecule has 1 heterocycles. The van der Waals surface area contributed by atoms with Gasteiger partial charge in [0.1, 0.15) is 0 Å². The molecule has 0 bridgehead atoms. The molecule has 0 aliphatic carbocycles. The number of hydrogen-bond donors (Lipinski definition) is 3. The van der Waals surface area contributed by atoms with Crippen molar-refractivity contribution in [3.8, 4) is 0 Å². The van der Waals surface area contributed by atoms with Crippen molar-refractivity contribution in [3.63, 3.8) is 0 Å². The standard InChI is InChI=1S/C7H12N2O5S/c1-4(7(11)12)15(13,14)9-5-2-6(10)8-3-5/h4-5,9H,2-3H2,1H3,(H,8,10)(H,11,12). The minimum Gasteiger partial charge on any atom is -0.480 e. The molecule has 8 heteroatoms. The summed E-state index contributed by atoms with van der Waals surface area (Å²) in [4.78, 5) is 21.3. The normalized spacial score (nSPS) is 23.5. The van der Waals surface area contributed by atoms with Crippen LogP contribution in [0, 0.1) is 0 Å². The van der Waals surface area contributed by atoms with Crippen LogP contribution in [0.2, 0.25) is 0 Å². The van der Waals surface area contributed by atoms with Crippen LogP contribution >= 0.6 is 0 Å². The second kappa shape index (κ2) is 4.15. The Labute approximate surface area is 86.9 Å². The van der Waals surface area contributed by atoms with Crippen molar-refractivity contribution in [1.29, 1.82) is 0 Å². The molecule has 1 saturated heterocycles. The second-order valence-corrected chi connectivity index (χ2v) is 5.38. The maximum Gasteiger partial charge on any atom is 0.323 e. The highest BCUT2D eigenvalue weighted by atomic mass is 32.2. The highest BCUT2D eigenvalue weighted by Crippen LogP contribution is 2.05. The van der Waals surface area contributed by atoms with Crippen LogP contribution in [0.1, 0.15) is 13.3 Å². The number of hydrogen-bond acceptors (Lipinski definition) is 4. The fourth-order valence-corrected chi connectivity index (χ4v) is 2.26. The fraction of sp³-hybridized carbons (Fsp3) is 0.714. The zero-order chi connectivity index (χ0) is 11.6. The number of carbonyl (C=O) groups is 2. The highest BCUT2D eigenvalue weighted by molar-refractivity contribution is 7.90. The van der Waals surface area contributed by atoms with E-state index in [2.05, 4.69) is 10.0 Å². The van der Waals surface area contributed by atoms with Crippen molar-refractivity contribution < 1.29 is 23.1 Å². The van der Waals surface area contributed by atoms with E-state index in [4.69, 9.17) is 5.11 Å². The number of sulfonamides is 1. The van der Waals surface area contributed by atoms with Gasteiger partial charge in [-0.15, -0.1) is 0 Å². The van der Waals surface area contributed by atoms with E-state index in [-0.39, 0.29) is 18.9 Å². The molecular weight excluding hydrogens is 224 g/mol. The first kappa shape index (κ1) is 11.9. The largest absolute Gasteiger partial charge is 0.480 e. The lowest BCUT2D eigenvalue weighted by Crippen LogP contribution is -2.43. The molecule has 0 saturated carbocycles. The van der Waals surface area contributed by atoms with Gasteiger partial charge in [0, 0.05) is 19.0 Å². The summed E-state index contributed by atoms with van der Waals surface area (Å²) in [7, 11) is -3.91. The van der Waals surface area contributed by atoms with Gasteiger partial charge in [-0.05, 0) is 6.92 Å². The SMILES string of the molecule is CC(C(=O)O)S(=O)(=O)NC1CNC(=O)C1. The van der Waals surface area contributed by atoms with Crippen LogP contribution in [0.3, 0.4) is 0 Å². The van der Waals surface area contributed by atoms with E-state index < -0.39 is 27.3 Å². The first-order chi connectivity index (χ1) is 6.83. The van der Waals surface area contributed by atoms with Gasteiger partial charge in [0.2, 0.25) is 15.9 Å². The number of aliphatic carboxylic acids is 1.